The van der Waals surface area contributed by atoms with Gasteiger partial charge >= 0.3 is 0 Å². The van der Waals surface area contributed by atoms with Crippen LogP contribution in [0.4, 0.5) is 4.39 Å². The number of halogens is 2. The van der Waals surface area contributed by atoms with Crippen LogP contribution >= 0.6 is 11.6 Å². The van der Waals surface area contributed by atoms with Crippen molar-refractivity contribution in [1.82, 2.24) is 0 Å². The Morgan fingerprint density at radius 3 is 2.63 bits per heavy atom. The average Bonchev–Trinajstić information content (AvgIpc) is 2.33. The van der Waals surface area contributed by atoms with Gasteiger partial charge < -0.3 is 5.11 Å². The molecule has 0 fully saturated rings. The zero-order valence-electron chi connectivity index (χ0n) is 11.0. The summed E-state index contributed by atoms with van der Waals surface area (Å²) in [6.07, 6.45) is -0.581. The van der Waals surface area contributed by atoms with E-state index in [1.165, 1.54) is 12.1 Å². The van der Waals surface area contributed by atoms with Gasteiger partial charge in [-0.25, -0.2) is 4.39 Å². The highest BCUT2D eigenvalue weighted by Gasteiger charge is 2.17. The smallest absolute Gasteiger partial charge is 0.130 e. The van der Waals surface area contributed by atoms with Crippen LogP contribution in [0.25, 0.3) is 0 Å². The Balaban J connectivity index is 2.31. The Kier molecular flexibility index (Phi) is 4.23. The molecule has 0 aliphatic rings. The minimum Gasteiger partial charge on any atom is -0.388 e. The van der Waals surface area contributed by atoms with E-state index in [0.29, 0.717) is 6.42 Å². The summed E-state index contributed by atoms with van der Waals surface area (Å²) in [5, 5.41) is 10.5. The summed E-state index contributed by atoms with van der Waals surface area (Å²) in [4.78, 5) is 0. The van der Waals surface area contributed by atoms with Crippen molar-refractivity contribution in [1.29, 1.82) is 0 Å². The summed E-state index contributed by atoms with van der Waals surface area (Å²) >= 11 is 5.96. The van der Waals surface area contributed by atoms with Crippen LogP contribution in [0.5, 0.6) is 0 Å². The lowest BCUT2D eigenvalue weighted by Gasteiger charge is -2.15. The van der Waals surface area contributed by atoms with E-state index in [4.69, 9.17) is 11.6 Å². The van der Waals surface area contributed by atoms with Gasteiger partial charge in [-0.1, -0.05) is 41.4 Å². The highest BCUT2D eigenvalue weighted by atomic mass is 35.5. The zero-order valence-corrected chi connectivity index (χ0v) is 11.7. The second-order valence-electron chi connectivity index (χ2n) is 4.79. The van der Waals surface area contributed by atoms with Gasteiger partial charge in [0.05, 0.1) is 6.10 Å². The molecule has 19 heavy (non-hydrogen) atoms. The largest absolute Gasteiger partial charge is 0.388 e. The standard InChI is InChI=1S/C16H16ClFO/c1-10-6-7-11(2)12(8-10)9-15(19)16-13(17)4-3-5-14(16)18/h3-8,15,19H,9H2,1-2H3. The number of aryl methyl sites for hydroxylation is 2. The lowest BCUT2D eigenvalue weighted by molar-refractivity contribution is 0.173. The average molecular weight is 279 g/mol. The van der Waals surface area contributed by atoms with Gasteiger partial charge in [0.15, 0.2) is 0 Å². The minimum absolute atomic E-state index is 0.171. The molecule has 1 atom stereocenters. The van der Waals surface area contributed by atoms with Crippen LogP contribution in [0.1, 0.15) is 28.4 Å². The molecule has 0 bridgehead atoms. The third-order valence-electron chi connectivity index (χ3n) is 3.25. The molecule has 1 nitrogen and oxygen atoms in total. The molecule has 0 aromatic heterocycles. The van der Waals surface area contributed by atoms with Gasteiger partial charge in [0, 0.05) is 17.0 Å². The van der Waals surface area contributed by atoms with E-state index < -0.39 is 11.9 Å². The Morgan fingerprint density at radius 2 is 1.95 bits per heavy atom. The molecule has 100 valence electrons. The maximum Gasteiger partial charge on any atom is 0.130 e. The Labute approximate surface area is 117 Å². The zero-order chi connectivity index (χ0) is 14.0. The van der Waals surface area contributed by atoms with E-state index in [1.807, 2.05) is 32.0 Å². The summed E-state index contributed by atoms with van der Waals surface area (Å²) in [6.45, 7) is 3.97. The lowest BCUT2D eigenvalue weighted by Crippen LogP contribution is -2.06. The number of rotatable bonds is 3. The molecule has 1 N–H and O–H groups in total. The number of aliphatic hydroxyl groups is 1. The molecule has 1 unspecified atom stereocenters. The molecule has 0 aliphatic heterocycles. The van der Waals surface area contributed by atoms with Gasteiger partial charge in [-0.3, -0.25) is 0 Å². The van der Waals surface area contributed by atoms with Gasteiger partial charge in [-0.05, 0) is 37.1 Å². The number of benzene rings is 2. The SMILES string of the molecule is Cc1ccc(C)c(CC(O)c2c(F)cccc2Cl)c1. The predicted octanol–water partition coefficient (Wildman–Crippen LogP) is 4.37. The molecule has 0 radical (unpaired) electrons. The minimum atomic E-state index is -0.936. The van der Waals surface area contributed by atoms with Gasteiger partial charge in [-0.15, -0.1) is 0 Å². The number of hydrogen-bond acceptors (Lipinski definition) is 1. The van der Waals surface area contributed by atoms with Crippen molar-refractivity contribution in [3.63, 3.8) is 0 Å². The molecule has 0 spiro atoms. The maximum atomic E-state index is 13.7. The van der Waals surface area contributed by atoms with Crippen LogP contribution in [0.15, 0.2) is 36.4 Å². The van der Waals surface area contributed by atoms with Crippen LogP contribution in [0.3, 0.4) is 0 Å². The molecule has 0 heterocycles. The second kappa shape index (κ2) is 5.72. The van der Waals surface area contributed by atoms with Crippen LogP contribution in [0, 0.1) is 19.7 Å². The molecule has 0 saturated carbocycles. The first-order chi connectivity index (χ1) is 8.99. The third kappa shape index (κ3) is 3.14. The molecule has 0 saturated heterocycles. The van der Waals surface area contributed by atoms with Crippen LogP contribution in [0.2, 0.25) is 5.02 Å². The van der Waals surface area contributed by atoms with Crippen LogP contribution in [-0.2, 0) is 6.42 Å². The Hall–Kier alpha value is -1.38. The summed E-state index contributed by atoms with van der Waals surface area (Å²) in [5.41, 5.74) is 3.38. The fraction of sp³-hybridized carbons (Fsp3) is 0.250. The highest BCUT2D eigenvalue weighted by Crippen LogP contribution is 2.29. The van der Waals surface area contributed by atoms with E-state index in [0.717, 1.165) is 16.7 Å². The molecule has 0 aliphatic carbocycles. The fourth-order valence-electron chi connectivity index (χ4n) is 2.16. The van der Waals surface area contributed by atoms with E-state index in [2.05, 4.69) is 0 Å². The molecule has 2 aromatic rings. The van der Waals surface area contributed by atoms with Crippen molar-refractivity contribution in [3.05, 3.63) is 69.5 Å². The first-order valence-corrected chi connectivity index (χ1v) is 6.55. The maximum absolute atomic E-state index is 13.7. The first-order valence-electron chi connectivity index (χ1n) is 6.17. The van der Waals surface area contributed by atoms with Gasteiger partial charge in [0.25, 0.3) is 0 Å². The third-order valence-corrected chi connectivity index (χ3v) is 3.58. The van der Waals surface area contributed by atoms with E-state index >= 15 is 0 Å². The monoisotopic (exact) mass is 278 g/mol. The van der Waals surface area contributed by atoms with Gasteiger partial charge in [-0.2, -0.15) is 0 Å². The van der Waals surface area contributed by atoms with Gasteiger partial charge in [0.2, 0.25) is 0 Å². The molecule has 2 rings (SSSR count). The Morgan fingerprint density at radius 1 is 1.21 bits per heavy atom. The number of hydrogen-bond donors (Lipinski definition) is 1. The Bertz CT molecular complexity index is 575. The summed E-state index contributed by atoms with van der Waals surface area (Å²) < 4.78 is 13.7. The summed E-state index contributed by atoms with van der Waals surface area (Å²) in [5.74, 6) is -0.467. The van der Waals surface area contributed by atoms with Crippen LogP contribution < -0.4 is 0 Å². The van der Waals surface area contributed by atoms with Crippen molar-refractivity contribution < 1.29 is 9.50 Å². The quantitative estimate of drug-likeness (QED) is 0.884. The van der Waals surface area contributed by atoms with E-state index in [9.17, 15) is 9.50 Å². The molecule has 2 aromatic carbocycles. The van der Waals surface area contributed by atoms with Crippen molar-refractivity contribution in [2.45, 2.75) is 26.4 Å². The molecular weight excluding hydrogens is 263 g/mol. The topological polar surface area (TPSA) is 20.2 Å². The second-order valence-corrected chi connectivity index (χ2v) is 5.19. The normalized spacial score (nSPS) is 12.5. The predicted molar refractivity (Wildman–Crippen MR) is 76.0 cm³/mol. The summed E-state index contributed by atoms with van der Waals surface area (Å²) in [6, 6.07) is 10.5. The summed E-state index contributed by atoms with van der Waals surface area (Å²) in [7, 11) is 0. The van der Waals surface area contributed by atoms with Crippen LogP contribution in [-0.4, -0.2) is 5.11 Å². The van der Waals surface area contributed by atoms with Crippen molar-refractivity contribution >= 4 is 11.6 Å². The highest BCUT2D eigenvalue weighted by molar-refractivity contribution is 6.31. The number of aliphatic hydroxyl groups excluding tert-OH is 1. The lowest BCUT2D eigenvalue weighted by atomic mass is 9.96. The van der Waals surface area contributed by atoms with Crippen molar-refractivity contribution in [2.24, 2.45) is 0 Å². The molecular formula is C16H16ClFO. The molecule has 0 amide bonds. The van der Waals surface area contributed by atoms with Crippen molar-refractivity contribution in [3.8, 4) is 0 Å². The van der Waals surface area contributed by atoms with E-state index in [-0.39, 0.29) is 10.6 Å². The molecule has 3 heteroatoms. The van der Waals surface area contributed by atoms with Gasteiger partial charge in [0.1, 0.15) is 5.82 Å². The fourth-order valence-corrected chi connectivity index (χ4v) is 2.45. The van der Waals surface area contributed by atoms with Crippen molar-refractivity contribution in [2.75, 3.05) is 0 Å². The first kappa shape index (κ1) is 14.0. The van der Waals surface area contributed by atoms with E-state index in [1.54, 1.807) is 6.07 Å².